The molecule has 1 fully saturated rings. The molecule has 2 nitrogen and oxygen atoms in total. The van der Waals surface area contributed by atoms with Crippen LogP contribution in [0.2, 0.25) is 0 Å². The molecule has 0 unspecified atom stereocenters. The van der Waals surface area contributed by atoms with Crippen molar-refractivity contribution in [3.8, 4) is 0 Å². The van der Waals surface area contributed by atoms with Gasteiger partial charge in [0.25, 0.3) is 0 Å². The van der Waals surface area contributed by atoms with Gasteiger partial charge in [0.15, 0.2) is 0 Å². The molecule has 1 heterocycles. The Labute approximate surface area is 134 Å². The number of fused-ring (bicyclic) bond motifs is 1. The summed E-state index contributed by atoms with van der Waals surface area (Å²) in [4.78, 5) is 2.44. The maximum atomic E-state index is 5.41. The fourth-order valence-electron chi connectivity index (χ4n) is 2.40. The molecule has 0 amide bonds. The van der Waals surface area contributed by atoms with Gasteiger partial charge in [-0.05, 0) is 0 Å². The van der Waals surface area contributed by atoms with Crippen LogP contribution < -0.4 is 0 Å². The molecule has 0 aliphatic carbocycles. The van der Waals surface area contributed by atoms with Gasteiger partial charge in [-0.2, -0.15) is 0 Å². The van der Waals surface area contributed by atoms with E-state index < -0.39 is 0 Å². The van der Waals surface area contributed by atoms with E-state index in [9.17, 15) is 0 Å². The summed E-state index contributed by atoms with van der Waals surface area (Å²) in [7, 11) is 0. The van der Waals surface area contributed by atoms with E-state index in [0.717, 1.165) is 31.6 Å². The molecule has 0 bridgehead atoms. The summed E-state index contributed by atoms with van der Waals surface area (Å²) < 4.78 is 6.83. The first-order valence-corrected chi connectivity index (χ1v) is 9.73. The Morgan fingerprint density at radius 1 is 1.10 bits per heavy atom. The molecule has 0 saturated carbocycles. The first-order valence-electron chi connectivity index (χ1n) is 6.81. The van der Waals surface area contributed by atoms with Gasteiger partial charge in [-0.1, -0.05) is 0 Å². The third-order valence-corrected chi connectivity index (χ3v) is 7.34. The molecule has 0 radical (unpaired) electrons. The normalized spacial score (nSPS) is 15.5. The van der Waals surface area contributed by atoms with Crippen molar-refractivity contribution in [2.24, 2.45) is 0 Å². The molecule has 4 heteroatoms. The quantitative estimate of drug-likeness (QED) is 0.728. The van der Waals surface area contributed by atoms with Crippen LogP contribution in [0.3, 0.4) is 0 Å². The minimum absolute atomic E-state index is 0.474. The van der Waals surface area contributed by atoms with Gasteiger partial charge in [-0.15, -0.1) is 0 Å². The molecular weight excluding hydrogens is 380 g/mol. The number of nitrogens with zero attached hydrogens (tertiary/aromatic N) is 1. The number of hydrogen-bond donors (Lipinski definition) is 0. The molecule has 0 spiro atoms. The van der Waals surface area contributed by atoms with Crippen LogP contribution in [0.5, 0.6) is 0 Å². The van der Waals surface area contributed by atoms with Gasteiger partial charge in [0.1, 0.15) is 0 Å². The van der Waals surface area contributed by atoms with Crippen LogP contribution in [0.25, 0.3) is 10.8 Å². The van der Waals surface area contributed by atoms with Gasteiger partial charge < -0.3 is 0 Å². The van der Waals surface area contributed by atoms with Crippen molar-refractivity contribution in [3.05, 3.63) is 48.0 Å². The third kappa shape index (κ3) is 3.33. The van der Waals surface area contributed by atoms with Crippen molar-refractivity contribution >= 4 is 44.7 Å². The zero-order valence-corrected chi connectivity index (χ0v) is 14.7. The summed E-state index contributed by atoms with van der Waals surface area (Å²) >= 11 is 3.75. The van der Waals surface area contributed by atoms with Crippen molar-refractivity contribution in [2.45, 2.75) is 5.32 Å². The Morgan fingerprint density at radius 2 is 1.85 bits per heavy atom. The average molecular weight is 397 g/mol. The van der Waals surface area contributed by atoms with Crippen LogP contribution in [0, 0.1) is 0 Å². The van der Waals surface area contributed by atoms with Gasteiger partial charge in [0.2, 0.25) is 0 Å². The predicted octanol–water partition coefficient (Wildman–Crippen LogP) is 1.63. The van der Waals surface area contributed by atoms with Crippen LogP contribution in [0.1, 0.15) is 5.56 Å². The molecule has 20 heavy (non-hydrogen) atoms. The summed E-state index contributed by atoms with van der Waals surface area (Å²) in [6, 6.07) is 15.3. The van der Waals surface area contributed by atoms with Crippen LogP contribution >= 0.6 is 0 Å². The summed E-state index contributed by atoms with van der Waals surface area (Å²) in [5.74, 6) is 0. The first kappa shape index (κ1) is 14.3. The number of rotatable bonds is 4. The number of morpholine rings is 1. The number of hydrogen-bond acceptors (Lipinski definition) is 2. The Bertz CT molecular complexity index is 603. The van der Waals surface area contributed by atoms with E-state index in [2.05, 4.69) is 62.9 Å². The number of ether oxygens (including phenoxy) is 1. The monoisotopic (exact) mass is 399 g/mol. The second kappa shape index (κ2) is 6.89. The van der Waals surface area contributed by atoms with Crippen molar-refractivity contribution in [1.82, 2.24) is 4.90 Å². The van der Waals surface area contributed by atoms with Gasteiger partial charge in [-0.3, -0.25) is 0 Å². The molecule has 1 aliphatic rings. The van der Waals surface area contributed by atoms with Crippen molar-refractivity contribution in [3.63, 3.8) is 0 Å². The van der Waals surface area contributed by atoms with E-state index in [4.69, 9.17) is 4.74 Å². The summed E-state index contributed by atoms with van der Waals surface area (Å²) in [6.45, 7) is 3.77. The molecule has 0 N–H and O–H groups in total. The van der Waals surface area contributed by atoms with Crippen LogP contribution in [0.15, 0.2) is 42.5 Å². The Kier molecular flexibility index (Phi) is 4.93. The molecule has 1 aliphatic heterocycles. The van der Waals surface area contributed by atoms with Crippen LogP contribution in [-0.2, 0) is 10.1 Å². The van der Waals surface area contributed by atoms with Crippen molar-refractivity contribution in [1.29, 1.82) is 0 Å². The van der Waals surface area contributed by atoms with Crippen molar-refractivity contribution < 1.29 is 4.74 Å². The van der Waals surface area contributed by atoms with Crippen LogP contribution in [0.4, 0.5) is 0 Å². The predicted molar refractivity (Wildman–Crippen MR) is 86.6 cm³/mol. The molecule has 0 aromatic heterocycles. The van der Waals surface area contributed by atoms with Gasteiger partial charge in [0.05, 0.1) is 0 Å². The molecule has 104 valence electrons. The van der Waals surface area contributed by atoms with Gasteiger partial charge in [-0.25, -0.2) is 0 Å². The number of benzene rings is 2. The molecule has 1 saturated heterocycles. The standard InChI is InChI=1S/C16H17NOSe2/c19-16(17-8-10-18-11-9-17)20-12-14-6-3-5-13-4-1-2-7-15(13)14/h1-7H,8-12H2. The Hall–Kier alpha value is -0.631. The van der Waals surface area contributed by atoms with E-state index in [1.54, 1.807) is 0 Å². The van der Waals surface area contributed by atoms with Gasteiger partial charge >= 0.3 is 134 Å². The van der Waals surface area contributed by atoms with E-state index >= 15 is 0 Å². The second-order valence-corrected chi connectivity index (χ2v) is 8.94. The molecule has 2 aromatic rings. The fraction of sp³-hybridized carbons (Fsp3) is 0.312. The maximum absolute atomic E-state index is 5.41. The Balaban J connectivity index is 1.69. The zero-order chi connectivity index (χ0) is 13.8. The molecular formula is C16H17NOSe2. The first-order chi connectivity index (χ1) is 9.84. The van der Waals surface area contributed by atoms with E-state index in [1.165, 1.54) is 19.8 Å². The van der Waals surface area contributed by atoms with Crippen molar-refractivity contribution in [2.75, 3.05) is 26.3 Å². The van der Waals surface area contributed by atoms with E-state index in [-0.39, 0.29) is 0 Å². The summed E-state index contributed by atoms with van der Waals surface area (Å²) in [5, 5.41) is 3.88. The fourth-order valence-corrected chi connectivity index (χ4v) is 5.30. The molecule has 0 atom stereocenters. The van der Waals surface area contributed by atoms with E-state index in [0.29, 0.717) is 15.0 Å². The second-order valence-electron chi connectivity index (χ2n) is 4.79. The Morgan fingerprint density at radius 3 is 2.70 bits per heavy atom. The SMILES string of the molecule is [Se]=C([Se]Cc1cccc2ccccc12)N1CCOCC1. The summed E-state index contributed by atoms with van der Waals surface area (Å²) in [6.07, 6.45) is 0. The molecule has 2 aromatic carbocycles. The van der Waals surface area contributed by atoms with E-state index in [1.807, 2.05) is 0 Å². The minimum atomic E-state index is 0.474. The topological polar surface area (TPSA) is 12.5 Å². The van der Waals surface area contributed by atoms with Crippen LogP contribution in [-0.4, -0.2) is 65.2 Å². The average Bonchev–Trinajstić information content (AvgIpc) is 2.53. The summed E-state index contributed by atoms with van der Waals surface area (Å²) in [5.41, 5.74) is 1.46. The third-order valence-electron chi connectivity index (χ3n) is 3.50. The molecule has 3 rings (SSSR count). The van der Waals surface area contributed by atoms with Gasteiger partial charge in [0, 0.05) is 0 Å². The zero-order valence-electron chi connectivity index (χ0n) is 11.2.